The topological polar surface area (TPSA) is 82.8 Å². The van der Waals surface area contributed by atoms with Gasteiger partial charge in [-0.05, 0) is 17.7 Å². The highest BCUT2D eigenvalue weighted by molar-refractivity contribution is 6.35. The van der Waals surface area contributed by atoms with Crippen LogP contribution in [0.15, 0.2) is 23.3 Å². The van der Waals surface area contributed by atoms with Gasteiger partial charge in [-0.2, -0.15) is 0 Å². The first-order chi connectivity index (χ1) is 8.60. The average Bonchev–Trinajstić information content (AvgIpc) is 2.61. The Balaban J connectivity index is 2.82. The molecule has 0 aliphatic carbocycles. The summed E-state index contributed by atoms with van der Waals surface area (Å²) in [5.41, 5.74) is 10.0. The fourth-order valence-electron chi connectivity index (χ4n) is 1.86. The molecule has 1 amide bonds. The Morgan fingerprint density at radius 1 is 1.56 bits per heavy atom. The van der Waals surface area contributed by atoms with Gasteiger partial charge in [0.2, 0.25) is 0 Å². The quantitative estimate of drug-likeness (QED) is 0.504. The number of carbonyl (C=O) groups excluding carboxylic acids is 1. The molecule has 7 heteroatoms. The van der Waals surface area contributed by atoms with E-state index in [1.807, 2.05) is 0 Å². The van der Waals surface area contributed by atoms with Crippen LogP contribution in [0.4, 0.5) is 5.69 Å². The summed E-state index contributed by atoms with van der Waals surface area (Å²) in [6, 6.07) is 5.08. The van der Waals surface area contributed by atoms with Crippen molar-refractivity contribution in [1.82, 2.24) is 9.88 Å². The molecule has 0 saturated carbocycles. The first kappa shape index (κ1) is 12.3. The molecule has 0 radical (unpaired) electrons. The van der Waals surface area contributed by atoms with Gasteiger partial charge in [0.25, 0.3) is 5.91 Å². The summed E-state index contributed by atoms with van der Waals surface area (Å²) in [4.78, 5) is 14.5. The largest absolute Gasteiger partial charge is 0.355 e. The van der Waals surface area contributed by atoms with Gasteiger partial charge in [-0.1, -0.05) is 22.8 Å². The summed E-state index contributed by atoms with van der Waals surface area (Å²) >= 11 is 6.14. The van der Waals surface area contributed by atoms with Crippen molar-refractivity contribution < 1.29 is 4.79 Å². The Labute approximate surface area is 108 Å². The van der Waals surface area contributed by atoms with Gasteiger partial charge in [0.15, 0.2) is 0 Å². The van der Waals surface area contributed by atoms with Crippen LogP contribution in [0.3, 0.4) is 0 Å². The van der Waals surface area contributed by atoms with Gasteiger partial charge in [0.1, 0.15) is 5.15 Å². The number of halogens is 1. The van der Waals surface area contributed by atoms with Gasteiger partial charge in [0.05, 0.1) is 5.56 Å². The maximum atomic E-state index is 11.8. The molecule has 2 aromatic rings. The third-order valence-electron chi connectivity index (χ3n) is 2.73. The van der Waals surface area contributed by atoms with Gasteiger partial charge >= 0.3 is 0 Å². The second-order valence-corrected chi connectivity index (χ2v) is 4.05. The molecular weight excluding hydrogens is 254 g/mol. The predicted molar refractivity (Wildman–Crippen MR) is 70.1 cm³/mol. The van der Waals surface area contributed by atoms with Crippen LogP contribution in [0.5, 0.6) is 0 Å². The summed E-state index contributed by atoms with van der Waals surface area (Å²) in [5, 5.41) is 7.07. The van der Waals surface area contributed by atoms with E-state index >= 15 is 0 Å². The van der Waals surface area contributed by atoms with Gasteiger partial charge in [0, 0.05) is 35.6 Å². The Morgan fingerprint density at radius 3 is 2.89 bits per heavy atom. The lowest BCUT2D eigenvalue weighted by atomic mass is 10.1. The highest BCUT2D eigenvalue weighted by Crippen LogP contribution is 2.31. The molecule has 1 heterocycles. The zero-order valence-electron chi connectivity index (χ0n) is 9.81. The van der Waals surface area contributed by atoms with Gasteiger partial charge in [-0.25, -0.2) is 0 Å². The van der Waals surface area contributed by atoms with E-state index in [2.05, 4.69) is 15.3 Å². The van der Waals surface area contributed by atoms with Crippen LogP contribution in [0.2, 0.25) is 5.15 Å². The minimum Gasteiger partial charge on any atom is -0.355 e. The number of nitrogens with zero attached hydrogens (tertiary/aromatic N) is 4. The monoisotopic (exact) mass is 263 g/mol. The molecule has 0 bridgehead atoms. The molecule has 1 N–H and O–H groups in total. The van der Waals surface area contributed by atoms with Gasteiger partial charge < -0.3 is 9.88 Å². The number of rotatable bonds is 2. The third-order valence-corrected chi connectivity index (χ3v) is 3.17. The number of hydrogen-bond acceptors (Lipinski definition) is 2. The van der Waals surface area contributed by atoms with Crippen molar-refractivity contribution in [1.29, 1.82) is 0 Å². The molecule has 0 fully saturated rings. The summed E-state index contributed by atoms with van der Waals surface area (Å²) in [7, 11) is 3.30. The fraction of sp³-hybridized carbons (Fsp3) is 0.182. The summed E-state index contributed by atoms with van der Waals surface area (Å²) in [6.07, 6.45) is 0. The number of benzene rings is 1. The first-order valence-electron chi connectivity index (χ1n) is 5.15. The number of amides is 1. The third kappa shape index (κ3) is 1.77. The molecule has 0 saturated heterocycles. The minimum absolute atomic E-state index is 0.274. The van der Waals surface area contributed by atoms with Crippen molar-refractivity contribution in [3.63, 3.8) is 0 Å². The molecule has 0 unspecified atom stereocenters. The van der Waals surface area contributed by atoms with Crippen molar-refractivity contribution in [3.8, 4) is 0 Å². The maximum Gasteiger partial charge on any atom is 0.254 e. The minimum atomic E-state index is -0.274. The zero-order chi connectivity index (χ0) is 13.3. The molecule has 0 aliphatic heterocycles. The molecule has 2 rings (SSSR count). The van der Waals surface area contributed by atoms with Crippen LogP contribution >= 0.6 is 11.6 Å². The van der Waals surface area contributed by atoms with Gasteiger partial charge in [-0.15, -0.1) is 0 Å². The number of nitrogens with one attached hydrogen (secondary N) is 1. The van der Waals surface area contributed by atoms with Crippen LogP contribution in [-0.2, 0) is 7.05 Å². The number of aromatic nitrogens is 1. The molecule has 0 atom stereocenters. The fourth-order valence-corrected chi connectivity index (χ4v) is 2.13. The molecule has 1 aromatic heterocycles. The number of carbonyl (C=O) groups is 1. The van der Waals surface area contributed by atoms with Crippen LogP contribution in [0.1, 0.15) is 10.4 Å². The highest BCUT2D eigenvalue weighted by Gasteiger charge is 2.19. The Morgan fingerprint density at radius 2 is 2.28 bits per heavy atom. The summed E-state index contributed by atoms with van der Waals surface area (Å²) in [6.45, 7) is 0. The van der Waals surface area contributed by atoms with E-state index < -0.39 is 0 Å². The van der Waals surface area contributed by atoms with E-state index in [9.17, 15) is 4.79 Å². The smallest absolute Gasteiger partial charge is 0.254 e. The van der Waals surface area contributed by atoms with E-state index in [0.29, 0.717) is 21.8 Å². The lowest BCUT2D eigenvalue weighted by Gasteiger charge is -1.98. The van der Waals surface area contributed by atoms with E-state index in [-0.39, 0.29) is 5.91 Å². The molecule has 92 valence electrons. The van der Waals surface area contributed by atoms with Crippen LogP contribution < -0.4 is 5.32 Å². The Bertz CT molecular complexity index is 684. The van der Waals surface area contributed by atoms with Gasteiger partial charge in [-0.3, -0.25) is 4.79 Å². The van der Waals surface area contributed by atoms with E-state index in [1.165, 1.54) is 7.05 Å². The van der Waals surface area contributed by atoms with Crippen LogP contribution in [0.25, 0.3) is 21.3 Å². The van der Waals surface area contributed by atoms with E-state index in [0.717, 1.165) is 5.52 Å². The average molecular weight is 264 g/mol. The Kier molecular flexibility index (Phi) is 3.14. The second kappa shape index (κ2) is 4.60. The van der Waals surface area contributed by atoms with Crippen molar-refractivity contribution in [2.24, 2.45) is 12.2 Å². The molecule has 18 heavy (non-hydrogen) atoms. The molecule has 0 aliphatic rings. The van der Waals surface area contributed by atoms with Crippen LogP contribution in [-0.4, -0.2) is 17.5 Å². The van der Waals surface area contributed by atoms with Crippen molar-refractivity contribution >= 4 is 34.1 Å². The molecule has 1 aromatic carbocycles. The van der Waals surface area contributed by atoms with E-state index in [4.69, 9.17) is 17.1 Å². The molecule has 6 nitrogen and oxygen atoms in total. The van der Waals surface area contributed by atoms with Crippen LogP contribution in [0, 0.1) is 0 Å². The zero-order valence-corrected chi connectivity index (χ0v) is 10.6. The second-order valence-electron chi connectivity index (χ2n) is 3.69. The van der Waals surface area contributed by atoms with E-state index in [1.54, 1.807) is 29.8 Å². The summed E-state index contributed by atoms with van der Waals surface area (Å²) < 4.78 is 1.71. The first-order valence-corrected chi connectivity index (χ1v) is 5.53. The Hall–Kier alpha value is -2.17. The number of hydrogen-bond donors (Lipinski definition) is 1. The lowest BCUT2D eigenvalue weighted by Crippen LogP contribution is -2.17. The number of azide groups is 1. The van der Waals surface area contributed by atoms with Crippen molar-refractivity contribution in [3.05, 3.63) is 39.4 Å². The normalized spacial score (nSPS) is 10.2. The highest BCUT2D eigenvalue weighted by atomic mass is 35.5. The van der Waals surface area contributed by atoms with Crippen molar-refractivity contribution in [2.45, 2.75) is 0 Å². The summed E-state index contributed by atoms with van der Waals surface area (Å²) in [5.74, 6) is -0.274. The lowest BCUT2D eigenvalue weighted by molar-refractivity contribution is 0.0964. The van der Waals surface area contributed by atoms with Crippen molar-refractivity contribution in [2.75, 3.05) is 7.05 Å². The standard InChI is InChI=1S/C11H10ClN5O/c1-14-11(18)9-7-5-6(15-16-13)3-4-8(7)17(2)10(9)12/h3-5H,1-2H3,(H,14,18). The molecular formula is C11H10ClN5O. The number of aryl methyl sites for hydroxylation is 1. The predicted octanol–water partition coefficient (Wildman–Crippen LogP) is 3.13. The maximum absolute atomic E-state index is 11.8. The number of fused-ring (bicyclic) bond motifs is 1. The molecule has 0 spiro atoms. The SMILES string of the molecule is CNC(=O)c1c(Cl)n(C)c2ccc(N=[N+]=[N-])cc12.